The van der Waals surface area contributed by atoms with Crippen LogP contribution in [0.2, 0.25) is 0 Å². The number of alkyl halides is 3. The summed E-state index contributed by atoms with van der Waals surface area (Å²) in [7, 11) is 0. The molecule has 0 aliphatic carbocycles. The van der Waals surface area contributed by atoms with Crippen LogP contribution in [0.1, 0.15) is 24.4 Å². The summed E-state index contributed by atoms with van der Waals surface area (Å²) in [5.41, 5.74) is -0.0370. The lowest BCUT2D eigenvalue weighted by Gasteiger charge is -2.30. The summed E-state index contributed by atoms with van der Waals surface area (Å²) in [6.07, 6.45) is -4.25. The number of hydrogen-bond donors (Lipinski definition) is 1. The Bertz CT molecular complexity index is 705. The van der Waals surface area contributed by atoms with Crippen molar-refractivity contribution in [2.24, 2.45) is 0 Å². The lowest BCUT2D eigenvalue weighted by Crippen LogP contribution is -2.38. The van der Waals surface area contributed by atoms with Gasteiger partial charge in [0, 0.05) is 13.1 Å². The van der Waals surface area contributed by atoms with Gasteiger partial charge in [0.15, 0.2) is 0 Å². The minimum atomic E-state index is -4.41. The molecular weight excluding hydrogens is 301 g/mol. The van der Waals surface area contributed by atoms with E-state index in [1.54, 1.807) is 4.68 Å². The summed E-state index contributed by atoms with van der Waals surface area (Å²) in [5.74, 6) is 0. The van der Waals surface area contributed by atoms with Gasteiger partial charge in [0.25, 0.3) is 0 Å². The number of likely N-dealkylation sites (tertiary alicyclic amines) is 1. The van der Waals surface area contributed by atoms with E-state index in [9.17, 15) is 18.0 Å². The Morgan fingerprint density at radius 2 is 1.95 bits per heavy atom. The Balaban J connectivity index is 1.85. The SMILES string of the molecule is O=C(O)N1CCC(n2nnc3cc(C(F)(F)F)ccc32)CC1. The maximum absolute atomic E-state index is 12.7. The van der Waals surface area contributed by atoms with E-state index in [0.717, 1.165) is 12.1 Å². The van der Waals surface area contributed by atoms with E-state index in [2.05, 4.69) is 10.3 Å². The van der Waals surface area contributed by atoms with Crippen LogP contribution in [-0.4, -0.2) is 44.2 Å². The highest BCUT2D eigenvalue weighted by Crippen LogP contribution is 2.32. The van der Waals surface area contributed by atoms with Gasteiger partial charge >= 0.3 is 12.3 Å². The first kappa shape index (κ1) is 14.6. The Morgan fingerprint density at radius 3 is 2.55 bits per heavy atom. The first-order valence-electron chi connectivity index (χ1n) is 6.76. The van der Waals surface area contributed by atoms with Gasteiger partial charge in [0.2, 0.25) is 0 Å². The third-order valence-electron chi connectivity index (χ3n) is 3.88. The van der Waals surface area contributed by atoms with E-state index in [-0.39, 0.29) is 11.6 Å². The number of rotatable bonds is 1. The molecule has 3 rings (SSSR count). The first-order chi connectivity index (χ1) is 10.4. The molecule has 6 nitrogen and oxygen atoms in total. The summed E-state index contributed by atoms with van der Waals surface area (Å²) in [6, 6.07) is 3.29. The summed E-state index contributed by atoms with van der Waals surface area (Å²) in [6.45, 7) is 0.754. The van der Waals surface area contributed by atoms with Crippen LogP contribution in [-0.2, 0) is 6.18 Å². The summed E-state index contributed by atoms with van der Waals surface area (Å²) >= 11 is 0. The van der Waals surface area contributed by atoms with Gasteiger partial charge in [-0.25, -0.2) is 9.48 Å². The minimum Gasteiger partial charge on any atom is -0.465 e. The third kappa shape index (κ3) is 2.58. The molecule has 0 spiro atoms. The fourth-order valence-electron chi connectivity index (χ4n) is 2.69. The molecule has 1 saturated heterocycles. The van der Waals surface area contributed by atoms with Crippen molar-refractivity contribution in [3.8, 4) is 0 Å². The van der Waals surface area contributed by atoms with Crippen molar-refractivity contribution < 1.29 is 23.1 Å². The fraction of sp³-hybridized carbons (Fsp3) is 0.462. The highest BCUT2D eigenvalue weighted by Gasteiger charge is 2.31. The number of benzene rings is 1. The molecule has 0 radical (unpaired) electrons. The van der Waals surface area contributed by atoms with Gasteiger partial charge in [0.05, 0.1) is 17.1 Å². The van der Waals surface area contributed by atoms with E-state index in [1.807, 2.05) is 0 Å². The highest BCUT2D eigenvalue weighted by molar-refractivity contribution is 5.75. The molecule has 1 aromatic carbocycles. The summed E-state index contributed by atoms with van der Waals surface area (Å²) in [5, 5.41) is 16.7. The zero-order valence-corrected chi connectivity index (χ0v) is 11.4. The van der Waals surface area contributed by atoms with E-state index < -0.39 is 17.8 Å². The molecular formula is C13H13F3N4O2. The molecule has 2 aromatic rings. The van der Waals surface area contributed by atoms with Gasteiger partial charge in [-0.2, -0.15) is 13.2 Å². The lowest BCUT2D eigenvalue weighted by molar-refractivity contribution is -0.137. The predicted octanol–water partition coefficient (Wildman–Crippen LogP) is 2.77. The van der Waals surface area contributed by atoms with Gasteiger partial charge in [-0.15, -0.1) is 5.10 Å². The molecule has 2 heterocycles. The second kappa shape index (κ2) is 5.15. The maximum Gasteiger partial charge on any atom is 0.416 e. The molecule has 1 fully saturated rings. The molecule has 1 N–H and O–H groups in total. The van der Waals surface area contributed by atoms with Crippen LogP contribution in [0.15, 0.2) is 18.2 Å². The molecule has 1 aliphatic rings. The minimum absolute atomic E-state index is 0.0580. The second-order valence-electron chi connectivity index (χ2n) is 5.24. The number of aromatic nitrogens is 3. The summed E-state index contributed by atoms with van der Waals surface area (Å²) in [4.78, 5) is 12.2. The zero-order chi connectivity index (χ0) is 15.9. The largest absolute Gasteiger partial charge is 0.465 e. The fourth-order valence-corrected chi connectivity index (χ4v) is 2.69. The Labute approximate surface area is 123 Å². The third-order valence-corrected chi connectivity index (χ3v) is 3.88. The van der Waals surface area contributed by atoms with Crippen molar-refractivity contribution in [1.29, 1.82) is 0 Å². The van der Waals surface area contributed by atoms with Crippen LogP contribution in [0, 0.1) is 0 Å². The van der Waals surface area contributed by atoms with Crippen molar-refractivity contribution in [3.05, 3.63) is 23.8 Å². The Hall–Kier alpha value is -2.32. The Morgan fingerprint density at radius 1 is 1.27 bits per heavy atom. The average molecular weight is 314 g/mol. The highest BCUT2D eigenvalue weighted by atomic mass is 19.4. The maximum atomic E-state index is 12.7. The molecule has 0 atom stereocenters. The van der Waals surface area contributed by atoms with Crippen LogP contribution in [0.5, 0.6) is 0 Å². The van der Waals surface area contributed by atoms with Crippen LogP contribution >= 0.6 is 0 Å². The number of carboxylic acid groups (broad SMARTS) is 1. The molecule has 1 aliphatic heterocycles. The lowest BCUT2D eigenvalue weighted by atomic mass is 10.1. The van der Waals surface area contributed by atoms with Gasteiger partial charge in [-0.3, -0.25) is 0 Å². The monoisotopic (exact) mass is 314 g/mol. The number of carbonyl (C=O) groups is 1. The van der Waals surface area contributed by atoms with E-state index >= 15 is 0 Å². The Kier molecular flexibility index (Phi) is 3.42. The van der Waals surface area contributed by atoms with Crippen molar-refractivity contribution in [1.82, 2.24) is 19.9 Å². The number of amides is 1. The number of piperidine rings is 1. The van der Waals surface area contributed by atoms with Crippen LogP contribution in [0.3, 0.4) is 0 Å². The molecule has 0 bridgehead atoms. The number of fused-ring (bicyclic) bond motifs is 1. The number of hydrogen-bond acceptors (Lipinski definition) is 3. The second-order valence-corrected chi connectivity index (χ2v) is 5.24. The van der Waals surface area contributed by atoms with E-state index in [0.29, 0.717) is 31.4 Å². The van der Waals surface area contributed by atoms with Gasteiger partial charge in [0.1, 0.15) is 5.52 Å². The average Bonchev–Trinajstić information content (AvgIpc) is 2.89. The number of nitrogens with zero attached hydrogens (tertiary/aromatic N) is 4. The molecule has 9 heteroatoms. The molecule has 0 unspecified atom stereocenters. The standard InChI is InChI=1S/C13H13F3N4O2/c14-13(15,16)8-1-2-11-10(7-8)17-18-20(11)9-3-5-19(6-4-9)12(21)22/h1-2,7,9H,3-6H2,(H,21,22). The topological polar surface area (TPSA) is 71.2 Å². The predicted molar refractivity (Wildman–Crippen MR) is 70.4 cm³/mol. The molecule has 118 valence electrons. The number of halogens is 3. The van der Waals surface area contributed by atoms with Gasteiger partial charge in [-0.05, 0) is 31.0 Å². The smallest absolute Gasteiger partial charge is 0.416 e. The zero-order valence-electron chi connectivity index (χ0n) is 11.4. The van der Waals surface area contributed by atoms with Gasteiger partial charge in [-0.1, -0.05) is 5.21 Å². The van der Waals surface area contributed by atoms with Crippen molar-refractivity contribution in [2.75, 3.05) is 13.1 Å². The van der Waals surface area contributed by atoms with Crippen molar-refractivity contribution >= 4 is 17.1 Å². The van der Waals surface area contributed by atoms with Crippen LogP contribution in [0.25, 0.3) is 11.0 Å². The normalized spacial score (nSPS) is 17.1. The molecule has 22 heavy (non-hydrogen) atoms. The molecule has 1 aromatic heterocycles. The van der Waals surface area contributed by atoms with Crippen molar-refractivity contribution in [2.45, 2.75) is 25.1 Å². The molecule has 0 saturated carbocycles. The van der Waals surface area contributed by atoms with E-state index in [1.165, 1.54) is 11.0 Å². The van der Waals surface area contributed by atoms with Crippen LogP contribution in [0.4, 0.5) is 18.0 Å². The van der Waals surface area contributed by atoms with Crippen molar-refractivity contribution in [3.63, 3.8) is 0 Å². The summed E-state index contributed by atoms with van der Waals surface area (Å²) < 4.78 is 39.6. The first-order valence-corrected chi connectivity index (χ1v) is 6.76. The van der Waals surface area contributed by atoms with E-state index in [4.69, 9.17) is 5.11 Å². The van der Waals surface area contributed by atoms with Gasteiger partial charge < -0.3 is 10.0 Å². The molecule has 1 amide bonds. The van der Waals surface area contributed by atoms with Crippen LogP contribution < -0.4 is 0 Å². The quantitative estimate of drug-likeness (QED) is 0.878.